The molecule has 16 heavy (non-hydrogen) atoms. The lowest BCUT2D eigenvalue weighted by Gasteiger charge is -2.16. The Morgan fingerprint density at radius 3 is 2.44 bits per heavy atom. The summed E-state index contributed by atoms with van der Waals surface area (Å²) in [5, 5.41) is 11.3. The molecule has 0 spiro atoms. The quantitative estimate of drug-likeness (QED) is 0.887. The molecule has 1 rings (SSSR count). The van der Waals surface area contributed by atoms with Gasteiger partial charge in [-0.1, -0.05) is 13.8 Å². The van der Waals surface area contributed by atoms with Gasteiger partial charge in [-0.2, -0.15) is 0 Å². The number of furan rings is 1. The van der Waals surface area contributed by atoms with Gasteiger partial charge in [-0.15, -0.1) is 0 Å². The molecule has 1 amide bonds. The summed E-state index contributed by atoms with van der Waals surface area (Å²) in [6.07, 6.45) is 0. The Labute approximate surface area is 101 Å². The highest BCUT2D eigenvalue weighted by atomic mass is 79.9. The van der Waals surface area contributed by atoms with Crippen LogP contribution in [0.2, 0.25) is 0 Å². The summed E-state index contributed by atoms with van der Waals surface area (Å²) in [5.41, 5.74) is 0. The molecule has 88 valence electrons. The Balaban J connectivity index is 2.73. The van der Waals surface area contributed by atoms with Crippen molar-refractivity contribution in [3.05, 3.63) is 22.6 Å². The highest BCUT2D eigenvalue weighted by Crippen LogP contribution is 2.14. The third-order valence-electron chi connectivity index (χ3n) is 2.02. The Bertz CT molecular complexity index is 399. The lowest BCUT2D eigenvalue weighted by molar-refractivity contribution is -0.140. The Hall–Kier alpha value is -1.30. The fourth-order valence-corrected chi connectivity index (χ4v) is 1.47. The molecule has 0 aliphatic rings. The zero-order chi connectivity index (χ0) is 12.3. The smallest absolute Gasteiger partial charge is 0.326 e. The summed E-state index contributed by atoms with van der Waals surface area (Å²) < 4.78 is 5.44. The average Bonchev–Trinajstić information content (AvgIpc) is 2.59. The van der Waals surface area contributed by atoms with E-state index in [2.05, 4.69) is 21.2 Å². The van der Waals surface area contributed by atoms with Crippen molar-refractivity contribution in [2.75, 3.05) is 0 Å². The van der Waals surface area contributed by atoms with E-state index in [4.69, 9.17) is 9.52 Å². The predicted octanol–water partition coefficient (Wildman–Crippen LogP) is 1.88. The van der Waals surface area contributed by atoms with Crippen molar-refractivity contribution in [2.24, 2.45) is 5.92 Å². The molecule has 0 saturated carbocycles. The third kappa shape index (κ3) is 3.10. The minimum absolute atomic E-state index is 0.0822. The van der Waals surface area contributed by atoms with Crippen LogP contribution in [0.3, 0.4) is 0 Å². The molecule has 5 nitrogen and oxygen atoms in total. The lowest BCUT2D eigenvalue weighted by Crippen LogP contribution is -2.44. The molecule has 6 heteroatoms. The van der Waals surface area contributed by atoms with Crippen molar-refractivity contribution in [2.45, 2.75) is 19.9 Å². The van der Waals surface area contributed by atoms with Gasteiger partial charge in [0.25, 0.3) is 5.91 Å². The van der Waals surface area contributed by atoms with E-state index >= 15 is 0 Å². The first-order valence-corrected chi connectivity index (χ1v) is 5.50. The molecule has 0 aliphatic heterocycles. The van der Waals surface area contributed by atoms with Crippen LogP contribution >= 0.6 is 15.9 Å². The Kier molecular flexibility index (Phi) is 4.12. The van der Waals surface area contributed by atoms with Crippen LogP contribution in [0.25, 0.3) is 0 Å². The summed E-state index contributed by atoms with van der Waals surface area (Å²) in [4.78, 5) is 22.4. The van der Waals surface area contributed by atoms with E-state index in [-0.39, 0.29) is 11.7 Å². The fraction of sp³-hybridized carbons (Fsp3) is 0.400. The number of halogens is 1. The molecule has 0 saturated heterocycles. The molecule has 0 fully saturated rings. The van der Waals surface area contributed by atoms with Gasteiger partial charge >= 0.3 is 5.97 Å². The Morgan fingerprint density at radius 2 is 2.06 bits per heavy atom. The monoisotopic (exact) mass is 289 g/mol. The first-order chi connectivity index (χ1) is 7.41. The minimum atomic E-state index is -1.06. The molecule has 1 unspecified atom stereocenters. The Morgan fingerprint density at radius 1 is 1.44 bits per heavy atom. The number of hydrogen-bond donors (Lipinski definition) is 2. The van der Waals surface area contributed by atoms with Crippen LogP contribution in [0, 0.1) is 5.92 Å². The topological polar surface area (TPSA) is 79.5 Å². The molecule has 1 atom stereocenters. The van der Waals surface area contributed by atoms with E-state index in [0.29, 0.717) is 4.67 Å². The summed E-state index contributed by atoms with van der Waals surface area (Å²) in [7, 11) is 0. The first kappa shape index (κ1) is 12.8. The van der Waals surface area contributed by atoms with Crippen molar-refractivity contribution in [1.82, 2.24) is 5.32 Å². The van der Waals surface area contributed by atoms with Crippen LogP contribution < -0.4 is 5.32 Å². The summed E-state index contributed by atoms with van der Waals surface area (Å²) in [5.74, 6) is -1.71. The van der Waals surface area contributed by atoms with Gasteiger partial charge in [0.1, 0.15) is 6.04 Å². The van der Waals surface area contributed by atoms with Crippen molar-refractivity contribution in [1.29, 1.82) is 0 Å². The number of carboxylic acid groups (broad SMARTS) is 1. The fourth-order valence-electron chi connectivity index (χ4n) is 1.16. The number of nitrogens with one attached hydrogen (secondary N) is 1. The maximum Gasteiger partial charge on any atom is 0.326 e. The number of carboxylic acids is 1. The first-order valence-electron chi connectivity index (χ1n) is 4.71. The number of amides is 1. The largest absolute Gasteiger partial charge is 0.480 e. The van der Waals surface area contributed by atoms with Gasteiger partial charge in [0.05, 0.1) is 0 Å². The standard InChI is InChI=1S/C10H12BrNO4/c1-5(2)8(10(14)15)12-9(13)6-3-4-7(11)16-6/h3-5,8H,1-2H3,(H,12,13)(H,14,15). The van der Waals surface area contributed by atoms with Crippen LogP contribution in [0.5, 0.6) is 0 Å². The number of carbonyl (C=O) groups is 2. The molecule has 0 bridgehead atoms. The third-order valence-corrected chi connectivity index (χ3v) is 2.44. The second-order valence-corrected chi connectivity index (χ2v) is 4.42. The van der Waals surface area contributed by atoms with E-state index in [0.717, 1.165) is 0 Å². The molecule has 1 aromatic rings. The highest BCUT2D eigenvalue weighted by Gasteiger charge is 2.25. The number of hydrogen-bond acceptors (Lipinski definition) is 3. The van der Waals surface area contributed by atoms with Crippen molar-refractivity contribution in [3.63, 3.8) is 0 Å². The summed E-state index contributed by atoms with van der Waals surface area (Å²) in [6.45, 7) is 3.44. The lowest BCUT2D eigenvalue weighted by atomic mass is 10.0. The molecule has 0 aliphatic carbocycles. The van der Waals surface area contributed by atoms with E-state index in [1.807, 2.05) is 0 Å². The van der Waals surface area contributed by atoms with Crippen molar-refractivity contribution >= 4 is 27.8 Å². The molecule has 0 aromatic carbocycles. The van der Waals surface area contributed by atoms with Gasteiger partial charge < -0.3 is 14.8 Å². The van der Waals surface area contributed by atoms with Crippen LogP contribution in [0.4, 0.5) is 0 Å². The van der Waals surface area contributed by atoms with Crippen molar-refractivity contribution in [3.8, 4) is 0 Å². The second kappa shape index (κ2) is 5.16. The summed E-state index contributed by atoms with van der Waals surface area (Å²) >= 11 is 3.06. The number of aliphatic carboxylic acids is 1. The average molecular weight is 290 g/mol. The maximum absolute atomic E-state index is 11.6. The van der Waals surface area contributed by atoms with Crippen molar-refractivity contribution < 1.29 is 19.1 Å². The normalized spacial score (nSPS) is 12.5. The number of rotatable bonds is 4. The maximum atomic E-state index is 11.6. The van der Waals surface area contributed by atoms with Gasteiger partial charge in [-0.05, 0) is 34.0 Å². The van der Waals surface area contributed by atoms with Gasteiger partial charge in [-0.3, -0.25) is 4.79 Å². The predicted molar refractivity (Wildman–Crippen MR) is 60.1 cm³/mol. The van der Waals surface area contributed by atoms with E-state index in [1.54, 1.807) is 19.9 Å². The molecule has 0 radical (unpaired) electrons. The van der Waals surface area contributed by atoms with Crippen LogP contribution in [-0.2, 0) is 4.79 Å². The molecule has 1 heterocycles. The highest BCUT2D eigenvalue weighted by molar-refractivity contribution is 9.10. The van der Waals surface area contributed by atoms with E-state index in [1.165, 1.54) is 6.07 Å². The van der Waals surface area contributed by atoms with E-state index in [9.17, 15) is 9.59 Å². The molecular formula is C10H12BrNO4. The summed E-state index contributed by atoms with van der Waals surface area (Å²) in [6, 6.07) is 2.12. The van der Waals surface area contributed by atoms with Gasteiger partial charge in [-0.25, -0.2) is 4.79 Å². The van der Waals surface area contributed by atoms with Crippen LogP contribution in [0.1, 0.15) is 24.4 Å². The van der Waals surface area contributed by atoms with Gasteiger partial charge in [0.15, 0.2) is 10.4 Å². The molecular weight excluding hydrogens is 278 g/mol. The SMILES string of the molecule is CC(C)C(NC(=O)c1ccc(Br)o1)C(=O)O. The van der Waals surface area contributed by atoms with Crippen LogP contribution in [-0.4, -0.2) is 23.0 Å². The number of carbonyl (C=O) groups excluding carboxylic acids is 1. The molecule has 2 N–H and O–H groups in total. The zero-order valence-electron chi connectivity index (χ0n) is 8.86. The van der Waals surface area contributed by atoms with Gasteiger partial charge in [0, 0.05) is 0 Å². The van der Waals surface area contributed by atoms with Gasteiger partial charge in [0.2, 0.25) is 0 Å². The minimum Gasteiger partial charge on any atom is -0.480 e. The second-order valence-electron chi connectivity index (χ2n) is 3.64. The molecule has 1 aromatic heterocycles. The van der Waals surface area contributed by atoms with Crippen LogP contribution in [0.15, 0.2) is 21.2 Å². The zero-order valence-corrected chi connectivity index (χ0v) is 10.4. The van der Waals surface area contributed by atoms with E-state index < -0.39 is 17.9 Å².